The van der Waals surface area contributed by atoms with Crippen molar-refractivity contribution in [2.75, 3.05) is 42.9 Å². The second-order valence-electron chi connectivity index (χ2n) is 6.49. The summed E-state index contributed by atoms with van der Waals surface area (Å²) in [6.07, 6.45) is -4.74. The predicted octanol–water partition coefficient (Wildman–Crippen LogP) is 2.58. The minimum absolute atomic E-state index is 0.189. The van der Waals surface area contributed by atoms with E-state index in [9.17, 15) is 18.0 Å². The third-order valence-corrected chi connectivity index (χ3v) is 4.77. The average Bonchev–Trinajstić information content (AvgIpc) is 2.63. The van der Waals surface area contributed by atoms with Crippen molar-refractivity contribution in [3.05, 3.63) is 53.6 Å². The number of hydrogen-bond donors (Lipinski definition) is 2. The number of ether oxygens (including phenoxy) is 1. The third kappa shape index (κ3) is 5.77. The van der Waals surface area contributed by atoms with Crippen LogP contribution in [0.4, 0.5) is 24.5 Å². The van der Waals surface area contributed by atoms with Gasteiger partial charge in [0.15, 0.2) is 6.54 Å². The van der Waals surface area contributed by atoms with E-state index in [0.717, 1.165) is 36.8 Å². The van der Waals surface area contributed by atoms with Crippen LogP contribution in [0.15, 0.2) is 48.5 Å². The number of amides is 1. The molecule has 0 unspecified atom stereocenters. The Morgan fingerprint density at radius 3 is 2.36 bits per heavy atom. The second-order valence-corrected chi connectivity index (χ2v) is 6.89. The molecule has 2 aromatic rings. The van der Waals surface area contributed by atoms with Crippen molar-refractivity contribution in [3.63, 3.8) is 0 Å². The van der Waals surface area contributed by atoms with E-state index in [1.807, 2.05) is 24.3 Å². The van der Waals surface area contributed by atoms with E-state index in [-0.39, 0.29) is 18.2 Å². The molecule has 9 heteroatoms. The number of benzene rings is 2. The average molecular weight is 415 g/mol. The SMILES string of the molecule is O=C(C[NH+]1CCN(c2ccccc2Cl)CC1)Nc1ccc(OC(F)(F)F)cc1. The Bertz CT molecular complexity index is 807. The molecule has 0 radical (unpaired) electrons. The van der Waals surface area contributed by atoms with Crippen LogP contribution in [0.5, 0.6) is 5.75 Å². The van der Waals surface area contributed by atoms with Crippen LogP contribution in [-0.2, 0) is 4.79 Å². The Kier molecular flexibility index (Phi) is 6.31. The number of carbonyl (C=O) groups excluding carboxylic acids is 1. The number of hydrogen-bond acceptors (Lipinski definition) is 3. The smallest absolute Gasteiger partial charge is 0.406 e. The Balaban J connectivity index is 1.46. The van der Waals surface area contributed by atoms with Crippen LogP contribution in [0.1, 0.15) is 0 Å². The lowest BCUT2D eigenvalue weighted by Gasteiger charge is -2.33. The van der Waals surface area contributed by atoms with Crippen LogP contribution in [0.3, 0.4) is 0 Å². The Labute approximate surface area is 165 Å². The quantitative estimate of drug-likeness (QED) is 0.790. The van der Waals surface area contributed by atoms with E-state index in [1.165, 1.54) is 24.3 Å². The minimum atomic E-state index is -4.74. The van der Waals surface area contributed by atoms with Gasteiger partial charge in [0, 0.05) is 5.69 Å². The number of quaternary nitrogens is 1. The highest BCUT2D eigenvalue weighted by Gasteiger charge is 2.31. The first kappa shape index (κ1) is 20.3. The molecule has 1 fully saturated rings. The Morgan fingerprint density at radius 2 is 1.75 bits per heavy atom. The summed E-state index contributed by atoms with van der Waals surface area (Å²) in [6.45, 7) is 3.44. The van der Waals surface area contributed by atoms with Crippen molar-refractivity contribution >= 4 is 28.9 Å². The summed E-state index contributed by atoms with van der Waals surface area (Å²) in [6, 6.07) is 12.8. The first-order chi connectivity index (χ1) is 13.3. The summed E-state index contributed by atoms with van der Waals surface area (Å²) in [5.74, 6) is -0.516. The van der Waals surface area contributed by atoms with Crippen molar-refractivity contribution in [2.45, 2.75) is 6.36 Å². The van der Waals surface area contributed by atoms with E-state index in [4.69, 9.17) is 11.6 Å². The molecule has 3 rings (SSSR count). The molecule has 2 N–H and O–H groups in total. The van der Waals surface area contributed by atoms with Crippen molar-refractivity contribution < 1.29 is 27.6 Å². The molecular weight excluding hydrogens is 395 g/mol. The van der Waals surface area contributed by atoms with Gasteiger partial charge in [0.1, 0.15) is 5.75 Å². The molecule has 2 aromatic carbocycles. The molecule has 0 aromatic heterocycles. The molecule has 0 aliphatic carbocycles. The van der Waals surface area contributed by atoms with Crippen molar-refractivity contribution in [2.24, 2.45) is 0 Å². The van der Waals surface area contributed by atoms with Gasteiger partial charge in [0.05, 0.1) is 36.9 Å². The highest BCUT2D eigenvalue weighted by molar-refractivity contribution is 6.33. The number of carbonyl (C=O) groups is 1. The maximum Gasteiger partial charge on any atom is 0.573 e. The molecule has 0 spiro atoms. The zero-order valence-corrected chi connectivity index (χ0v) is 15.7. The van der Waals surface area contributed by atoms with Crippen LogP contribution >= 0.6 is 11.6 Å². The number of piperazine rings is 1. The fourth-order valence-electron chi connectivity index (χ4n) is 3.12. The molecule has 0 saturated carbocycles. The van der Waals surface area contributed by atoms with Gasteiger partial charge in [-0.3, -0.25) is 4.79 Å². The molecule has 5 nitrogen and oxygen atoms in total. The maximum absolute atomic E-state index is 12.2. The summed E-state index contributed by atoms with van der Waals surface area (Å²) in [5.41, 5.74) is 1.42. The number of nitrogens with zero attached hydrogens (tertiary/aromatic N) is 1. The van der Waals surface area contributed by atoms with Crippen LogP contribution in [0.25, 0.3) is 0 Å². The molecule has 28 heavy (non-hydrogen) atoms. The highest BCUT2D eigenvalue weighted by atomic mass is 35.5. The summed E-state index contributed by atoms with van der Waals surface area (Å²) in [7, 11) is 0. The van der Waals surface area contributed by atoms with Gasteiger partial charge in [-0.15, -0.1) is 13.2 Å². The Hall–Kier alpha value is -2.45. The third-order valence-electron chi connectivity index (χ3n) is 4.45. The number of nitrogens with one attached hydrogen (secondary N) is 2. The molecule has 1 saturated heterocycles. The first-order valence-corrected chi connectivity index (χ1v) is 9.17. The van der Waals surface area contributed by atoms with Gasteiger partial charge in [-0.2, -0.15) is 0 Å². The topological polar surface area (TPSA) is 46.0 Å². The van der Waals surface area contributed by atoms with Gasteiger partial charge in [-0.25, -0.2) is 0 Å². The van der Waals surface area contributed by atoms with Crippen molar-refractivity contribution in [3.8, 4) is 5.75 Å². The summed E-state index contributed by atoms with van der Waals surface area (Å²) < 4.78 is 40.3. The van der Waals surface area contributed by atoms with E-state index in [2.05, 4.69) is 15.0 Å². The summed E-state index contributed by atoms with van der Waals surface area (Å²) in [5, 5.41) is 3.41. The van der Waals surface area contributed by atoms with Gasteiger partial charge in [0.25, 0.3) is 5.91 Å². The summed E-state index contributed by atoms with van der Waals surface area (Å²) >= 11 is 6.23. The number of para-hydroxylation sites is 1. The van der Waals surface area contributed by atoms with Gasteiger partial charge in [-0.1, -0.05) is 23.7 Å². The zero-order chi connectivity index (χ0) is 20.1. The van der Waals surface area contributed by atoms with Crippen molar-refractivity contribution in [1.82, 2.24) is 0 Å². The van der Waals surface area contributed by atoms with Gasteiger partial charge in [-0.05, 0) is 36.4 Å². The molecule has 0 bridgehead atoms. The number of anilines is 2. The molecule has 1 aliphatic heterocycles. The largest absolute Gasteiger partial charge is 0.573 e. The van der Waals surface area contributed by atoms with Crippen LogP contribution in [0, 0.1) is 0 Å². The lowest BCUT2D eigenvalue weighted by Crippen LogP contribution is -3.15. The Morgan fingerprint density at radius 1 is 1.11 bits per heavy atom. The normalized spacial score (nSPS) is 15.4. The standard InChI is InChI=1S/C19H19ClF3N3O2/c20-16-3-1-2-4-17(16)26-11-9-25(10-12-26)13-18(27)24-14-5-7-15(8-6-14)28-19(21,22)23/h1-8H,9-13H2,(H,24,27)/p+1. The van der Waals surface area contributed by atoms with Gasteiger partial charge >= 0.3 is 6.36 Å². The minimum Gasteiger partial charge on any atom is -0.406 e. The maximum atomic E-state index is 12.2. The lowest BCUT2D eigenvalue weighted by molar-refractivity contribution is -0.892. The lowest BCUT2D eigenvalue weighted by atomic mass is 10.2. The molecule has 1 amide bonds. The highest BCUT2D eigenvalue weighted by Crippen LogP contribution is 2.25. The van der Waals surface area contributed by atoms with E-state index < -0.39 is 6.36 Å². The molecule has 0 atom stereocenters. The fourth-order valence-corrected chi connectivity index (χ4v) is 3.38. The van der Waals surface area contributed by atoms with Crippen LogP contribution < -0.4 is 19.9 Å². The predicted molar refractivity (Wildman–Crippen MR) is 101 cm³/mol. The molecule has 150 valence electrons. The molecular formula is C19H20ClF3N3O2+. The number of rotatable bonds is 5. The molecule has 1 aliphatic rings. The molecule has 1 heterocycles. The van der Waals surface area contributed by atoms with E-state index in [0.29, 0.717) is 10.7 Å². The van der Waals surface area contributed by atoms with Crippen LogP contribution in [0.2, 0.25) is 5.02 Å². The number of alkyl halides is 3. The van der Waals surface area contributed by atoms with Gasteiger partial charge in [0.2, 0.25) is 0 Å². The van der Waals surface area contributed by atoms with Gasteiger partial charge < -0.3 is 19.9 Å². The second kappa shape index (κ2) is 8.70. The van der Waals surface area contributed by atoms with Crippen LogP contribution in [-0.4, -0.2) is 45.0 Å². The van der Waals surface area contributed by atoms with E-state index in [1.54, 1.807) is 0 Å². The first-order valence-electron chi connectivity index (χ1n) is 8.79. The summed E-state index contributed by atoms with van der Waals surface area (Å²) in [4.78, 5) is 15.6. The monoisotopic (exact) mass is 414 g/mol. The fraction of sp³-hybridized carbons (Fsp3) is 0.316. The van der Waals surface area contributed by atoms with Crippen molar-refractivity contribution in [1.29, 1.82) is 0 Å². The number of halogens is 4. The van der Waals surface area contributed by atoms with E-state index >= 15 is 0 Å². The zero-order valence-electron chi connectivity index (χ0n) is 14.9.